The van der Waals surface area contributed by atoms with E-state index in [9.17, 15) is 39.5 Å². The molecular formula is C30H34F9N5O7. The number of rotatable bonds is 5. The van der Waals surface area contributed by atoms with Crippen molar-refractivity contribution in [3.63, 3.8) is 0 Å². The van der Waals surface area contributed by atoms with Crippen LogP contribution >= 0.6 is 0 Å². The highest BCUT2D eigenvalue weighted by Gasteiger charge is 2.39. The van der Waals surface area contributed by atoms with Crippen LogP contribution in [-0.2, 0) is 20.9 Å². The summed E-state index contributed by atoms with van der Waals surface area (Å²) in [5.74, 6) is -6.03. The van der Waals surface area contributed by atoms with Gasteiger partial charge in [0, 0.05) is 51.0 Å². The number of para-hydroxylation sites is 1. The monoisotopic (exact) mass is 747 g/mol. The molecule has 4 heterocycles. The summed E-state index contributed by atoms with van der Waals surface area (Å²) in [6, 6.07) is 15.1. The molecule has 0 spiro atoms. The summed E-state index contributed by atoms with van der Waals surface area (Å²) in [4.78, 5) is 39.2. The molecule has 51 heavy (non-hydrogen) atoms. The second kappa shape index (κ2) is 17.9. The van der Waals surface area contributed by atoms with Gasteiger partial charge in [0.15, 0.2) is 0 Å². The van der Waals surface area contributed by atoms with E-state index in [1.54, 1.807) is 7.11 Å². The number of anilines is 1. The number of aromatic nitrogens is 2. The number of carboxylic acids is 3. The van der Waals surface area contributed by atoms with Gasteiger partial charge in [0.2, 0.25) is 0 Å². The van der Waals surface area contributed by atoms with Crippen molar-refractivity contribution in [3.05, 3.63) is 59.9 Å². The normalized spacial score (nSPS) is 16.9. The van der Waals surface area contributed by atoms with E-state index in [0.717, 1.165) is 56.4 Å². The summed E-state index contributed by atoms with van der Waals surface area (Å²) in [6.45, 7) is 6.24. The zero-order valence-corrected chi connectivity index (χ0v) is 27.0. The van der Waals surface area contributed by atoms with Crippen LogP contribution in [0.25, 0.3) is 5.65 Å². The Kier molecular flexibility index (Phi) is 14.9. The van der Waals surface area contributed by atoms with Crippen molar-refractivity contribution < 1.29 is 74.0 Å². The van der Waals surface area contributed by atoms with Gasteiger partial charge in [-0.25, -0.2) is 19.4 Å². The number of carboxylic acid groups (broad SMARTS) is 3. The van der Waals surface area contributed by atoms with Crippen LogP contribution in [-0.4, -0.2) is 118 Å². The molecule has 0 bridgehead atoms. The summed E-state index contributed by atoms with van der Waals surface area (Å²) in [6.07, 6.45) is -10.4. The molecule has 0 radical (unpaired) electrons. The molecule has 2 aliphatic rings. The molecule has 0 saturated carbocycles. The smallest absolute Gasteiger partial charge is 0.490 e. The fourth-order valence-electron chi connectivity index (χ4n) is 4.85. The van der Waals surface area contributed by atoms with Gasteiger partial charge in [-0.2, -0.15) is 39.5 Å². The Bertz CT molecular complexity index is 1550. The fraction of sp³-hybridized carbons (Fsp3) is 0.467. The topological polar surface area (TPSA) is 148 Å². The lowest BCUT2D eigenvalue weighted by molar-refractivity contribution is -0.193. The third-order valence-corrected chi connectivity index (χ3v) is 7.31. The Morgan fingerprint density at radius 2 is 1.29 bits per heavy atom. The van der Waals surface area contributed by atoms with E-state index in [0.29, 0.717) is 6.04 Å². The maximum absolute atomic E-state index is 10.6. The van der Waals surface area contributed by atoms with E-state index in [4.69, 9.17) is 39.4 Å². The van der Waals surface area contributed by atoms with Crippen LogP contribution in [0.1, 0.15) is 30.1 Å². The SMILES string of the molecule is COc1ccccc1CN1CCN(C)C(c2cn3c(N4CCCC4)cccc3n2)C1.O=C(O)C(F)(F)F.O=C(O)C(F)(F)F.O=C(O)C(F)(F)F. The Hall–Kier alpha value is -4.79. The number of halogens is 9. The Morgan fingerprint density at radius 1 is 0.784 bits per heavy atom. The minimum absolute atomic E-state index is 0.291. The first-order valence-electron chi connectivity index (χ1n) is 14.7. The summed E-state index contributed by atoms with van der Waals surface area (Å²) in [5.41, 5.74) is 3.45. The zero-order valence-electron chi connectivity index (χ0n) is 27.0. The quantitative estimate of drug-likeness (QED) is 0.291. The van der Waals surface area contributed by atoms with Gasteiger partial charge in [0.25, 0.3) is 0 Å². The molecule has 1 aromatic carbocycles. The Morgan fingerprint density at radius 3 is 1.78 bits per heavy atom. The third-order valence-electron chi connectivity index (χ3n) is 7.31. The van der Waals surface area contributed by atoms with Crippen molar-refractivity contribution in [1.29, 1.82) is 0 Å². The highest BCUT2D eigenvalue weighted by atomic mass is 19.4. The van der Waals surface area contributed by atoms with Gasteiger partial charge in [-0.05, 0) is 38.1 Å². The molecule has 2 saturated heterocycles. The number of aliphatic carboxylic acids is 3. The number of imidazole rings is 1. The molecule has 3 aromatic rings. The molecule has 2 fully saturated rings. The Balaban J connectivity index is 0.000000352. The van der Waals surface area contributed by atoms with E-state index in [-0.39, 0.29) is 0 Å². The maximum Gasteiger partial charge on any atom is 0.490 e. The van der Waals surface area contributed by atoms with Crippen LogP contribution in [0.2, 0.25) is 0 Å². The lowest BCUT2D eigenvalue weighted by atomic mass is 10.1. The second-order valence-electron chi connectivity index (χ2n) is 10.9. The number of nitrogens with zero attached hydrogens (tertiary/aromatic N) is 5. The van der Waals surface area contributed by atoms with Gasteiger partial charge in [-0.15, -0.1) is 0 Å². The first-order chi connectivity index (χ1) is 23.6. The lowest BCUT2D eigenvalue weighted by Gasteiger charge is -2.38. The van der Waals surface area contributed by atoms with E-state index in [1.807, 2.05) is 12.1 Å². The van der Waals surface area contributed by atoms with Gasteiger partial charge in [-0.1, -0.05) is 24.3 Å². The van der Waals surface area contributed by atoms with E-state index in [2.05, 4.69) is 62.7 Å². The van der Waals surface area contributed by atoms with Crippen molar-refractivity contribution in [1.82, 2.24) is 19.2 Å². The molecule has 2 aliphatic heterocycles. The zero-order chi connectivity index (χ0) is 38.7. The molecule has 0 aliphatic carbocycles. The molecule has 3 N–H and O–H groups in total. The van der Waals surface area contributed by atoms with Gasteiger partial charge in [-0.3, -0.25) is 14.2 Å². The molecular weight excluding hydrogens is 713 g/mol. The molecule has 2 aromatic heterocycles. The predicted octanol–water partition coefficient (Wildman–Crippen LogP) is 5.33. The molecule has 1 atom stereocenters. The number of ether oxygens (including phenoxy) is 1. The largest absolute Gasteiger partial charge is 0.496 e. The molecule has 284 valence electrons. The number of benzene rings is 1. The number of hydrogen-bond acceptors (Lipinski definition) is 8. The van der Waals surface area contributed by atoms with Crippen LogP contribution < -0.4 is 9.64 Å². The van der Waals surface area contributed by atoms with E-state index in [1.165, 1.54) is 24.2 Å². The van der Waals surface area contributed by atoms with Crippen molar-refractivity contribution >= 4 is 29.4 Å². The van der Waals surface area contributed by atoms with Crippen molar-refractivity contribution in [2.45, 2.75) is 44.0 Å². The van der Waals surface area contributed by atoms with Crippen molar-refractivity contribution in [2.24, 2.45) is 0 Å². The first kappa shape index (κ1) is 42.4. The fourth-order valence-corrected chi connectivity index (χ4v) is 4.85. The van der Waals surface area contributed by atoms with Crippen LogP contribution in [0.4, 0.5) is 45.3 Å². The van der Waals surface area contributed by atoms with Crippen LogP contribution in [0.3, 0.4) is 0 Å². The highest BCUT2D eigenvalue weighted by Crippen LogP contribution is 2.29. The average Bonchev–Trinajstić information content (AvgIpc) is 3.72. The number of alkyl halides is 9. The minimum Gasteiger partial charge on any atom is -0.496 e. The van der Waals surface area contributed by atoms with Crippen LogP contribution in [0.15, 0.2) is 48.7 Å². The second-order valence-corrected chi connectivity index (χ2v) is 10.9. The maximum atomic E-state index is 10.6. The molecule has 12 nitrogen and oxygen atoms in total. The standard InChI is InChI=1S/C24H31N5O.3C2HF3O2/c1-26-14-15-27(16-19-8-3-4-9-22(19)30-2)18-21(26)20-17-29-23(25-20)10-7-11-24(29)28-12-5-6-13-28;3*3-2(4,5)1(6)7/h3-4,7-11,17,21H,5-6,12-16,18H2,1-2H3;3*(H,6,7). The first-order valence-corrected chi connectivity index (χ1v) is 14.7. The molecule has 0 amide bonds. The van der Waals surface area contributed by atoms with Gasteiger partial charge >= 0.3 is 36.4 Å². The van der Waals surface area contributed by atoms with Crippen molar-refractivity contribution in [2.75, 3.05) is 51.8 Å². The average molecular weight is 748 g/mol. The van der Waals surface area contributed by atoms with E-state index >= 15 is 0 Å². The number of fused-ring (bicyclic) bond motifs is 1. The van der Waals surface area contributed by atoms with Crippen molar-refractivity contribution in [3.8, 4) is 5.75 Å². The third kappa shape index (κ3) is 13.1. The van der Waals surface area contributed by atoms with E-state index < -0.39 is 36.4 Å². The van der Waals surface area contributed by atoms with Crippen LogP contribution in [0.5, 0.6) is 5.75 Å². The lowest BCUT2D eigenvalue weighted by Crippen LogP contribution is -2.46. The number of methoxy groups -OCH3 is 1. The summed E-state index contributed by atoms with van der Waals surface area (Å²) in [5, 5.41) is 21.4. The highest BCUT2D eigenvalue weighted by molar-refractivity contribution is 5.73. The summed E-state index contributed by atoms with van der Waals surface area (Å²) >= 11 is 0. The predicted molar refractivity (Wildman–Crippen MR) is 161 cm³/mol. The number of pyridine rings is 1. The van der Waals surface area contributed by atoms with Gasteiger partial charge in [0.1, 0.15) is 17.2 Å². The number of hydrogen-bond donors (Lipinski definition) is 3. The van der Waals surface area contributed by atoms with Crippen LogP contribution in [0, 0.1) is 0 Å². The summed E-state index contributed by atoms with van der Waals surface area (Å²) in [7, 11) is 3.97. The molecule has 1 unspecified atom stereocenters. The minimum atomic E-state index is -5.08. The molecule has 21 heteroatoms. The summed E-state index contributed by atoms with van der Waals surface area (Å²) < 4.78 is 103. The van der Waals surface area contributed by atoms with Gasteiger partial charge < -0.3 is 25.0 Å². The van der Waals surface area contributed by atoms with Gasteiger partial charge in [0.05, 0.1) is 18.8 Å². The molecule has 5 rings (SSSR count). The Labute approximate surface area is 284 Å². The number of likely N-dealkylation sites (N-methyl/N-ethyl adjacent to an activating group) is 1. The number of piperazine rings is 1. The number of carbonyl (C=O) groups is 3.